The Morgan fingerprint density at radius 3 is 2.62 bits per heavy atom. The molecule has 0 radical (unpaired) electrons. The van der Waals surface area contributed by atoms with Crippen molar-refractivity contribution in [1.82, 2.24) is 10.3 Å². The fourth-order valence-corrected chi connectivity index (χ4v) is 2.50. The molecule has 2 saturated heterocycles. The predicted octanol–water partition coefficient (Wildman–Crippen LogP) is 1.44. The number of hydrogen-bond donors (Lipinski definition) is 1. The van der Waals surface area contributed by atoms with E-state index in [9.17, 15) is 0 Å². The summed E-state index contributed by atoms with van der Waals surface area (Å²) in [6.07, 6.45) is 5.88. The van der Waals surface area contributed by atoms with Crippen molar-refractivity contribution < 1.29 is 0 Å². The smallest absolute Gasteiger partial charge is 0.128 e. The van der Waals surface area contributed by atoms with Gasteiger partial charge in [0, 0.05) is 19.3 Å². The van der Waals surface area contributed by atoms with Gasteiger partial charge < -0.3 is 10.2 Å². The predicted molar refractivity (Wildman–Crippen MR) is 65.7 cm³/mol. The lowest BCUT2D eigenvalue weighted by Crippen LogP contribution is -2.43. The van der Waals surface area contributed by atoms with Gasteiger partial charge in [-0.2, -0.15) is 0 Å². The van der Waals surface area contributed by atoms with Crippen LogP contribution in [0, 0.1) is 5.92 Å². The van der Waals surface area contributed by atoms with Crippen molar-refractivity contribution in [2.24, 2.45) is 5.92 Å². The maximum Gasteiger partial charge on any atom is 0.128 e. The third-order valence-corrected chi connectivity index (χ3v) is 3.63. The van der Waals surface area contributed by atoms with E-state index in [0.29, 0.717) is 0 Å². The van der Waals surface area contributed by atoms with Gasteiger partial charge in [0.05, 0.1) is 0 Å². The lowest BCUT2D eigenvalue weighted by molar-refractivity contribution is 0.346. The lowest BCUT2D eigenvalue weighted by Gasteiger charge is -2.27. The zero-order valence-corrected chi connectivity index (χ0v) is 9.65. The van der Waals surface area contributed by atoms with Gasteiger partial charge in [0.15, 0.2) is 0 Å². The van der Waals surface area contributed by atoms with Crippen LogP contribution in [0.15, 0.2) is 18.3 Å². The Balaban J connectivity index is 1.64. The first-order chi connectivity index (χ1) is 7.92. The van der Waals surface area contributed by atoms with Crippen LogP contribution >= 0.6 is 0 Å². The molecule has 0 unspecified atom stereocenters. The summed E-state index contributed by atoms with van der Waals surface area (Å²) in [5, 5.41) is 3.31. The van der Waals surface area contributed by atoms with Gasteiger partial charge in [-0.25, -0.2) is 4.98 Å². The van der Waals surface area contributed by atoms with E-state index in [2.05, 4.69) is 33.5 Å². The molecule has 0 aliphatic carbocycles. The molecule has 0 bridgehead atoms. The van der Waals surface area contributed by atoms with Crippen molar-refractivity contribution in [1.29, 1.82) is 0 Å². The molecule has 0 saturated carbocycles. The monoisotopic (exact) mass is 217 g/mol. The van der Waals surface area contributed by atoms with Gasteiger partial charge in [0.1, 0.15) is 5.82 Å². The Morgan fingerprint density at radius 2 is 2.06 bits per heavy atom. The van der Waals surface area contributed by atoms with Crippen molar-refractivity contribution in [3.63, 3.8) is 0 Å². The second-order valence-corrected chi connectivity index (χ2v) is 4.95. The summed E-state index contributed by atoms with van der Waals surface area (Å²) >= 11 is 0. The average Bonchev–Trinajstić information content (AvgIpc) is 2.78. The van der Waals surface area contributed by atoms with Crippen molar-refractivity contribution >= 4 is 5.82 Å². The molecule has 0 atom stereocenters. The van der Waals surface area contributed by atoms with Crippen LogP contribution in [0.2, 0.25) is 0 Å². The maximum atomic E-state index is 4.58. The van der Waals surface area contributed by atoms with E-state index >= 15 is 0 Å². The molecule has 2 aliphatic rings. The third kappa shape index (κ3) is 2.05. The highest BCUT2D eigenvalue weighted by molar-refractivity contribution is 5.40. The first-order valence-corrected chi connectivity index (χ1v) is 6.32. The Kier molecular flexibility index (Phi) is 2.79. The van der Waals surface area contributed by atoms with E-state index in [4.69, 9.17) is 0 Å². The lowest BCUT2D eigenvalue weighted by atomic mass is 9.95. The van der Waals surface area contributed by atoms with Crippen LogP contribution in [0.4, 0.5) is 5.82 Å². The minimum Gasteiger partial charge on any atom is -0.357 e. The summed E-state index contributed by atoms with van der Waals surface area (Å²) in [6.45, 7) is 4.71. The number of hydrogen-bond acceptors (Lipinski definition) is 3. The molecular formula is C13H19N3. The molecule has 3 rings (SSSR count). The van der Waals surface area contributed by atoms with E-state index < -0.39 is 0 Å². The van der Waals surface area contributed by atoms with Gasteiger partial charge in [0.25, 0.3) is 0 Å². The van der Waals surface area contributed by atoms with E-state index in [1.165, 1.54) is 51.0 Å². The van der Waals surface area contributed by atoms with Crippen LogP contribution in [0.5, 0.6) is 0 Å². The number of rotatable bonds is 3. The van der Waals surface area contributed by atoms with Crippen molar-refractivity contribution in [3.05, 3.63) is 23.9 Å². The van der Waals surface area contributed by atoms with Crippen LogP contribution in [0.25, 0.3) is 0 Å². The van der Waals surface area contributed by atoms with Gasteiger partial charge in [-0.05, 0) is 49.9 Å². The Morgan fingerprint density at radius 1 is 1.25 bits per heavy atom. The van der Waals surface area contributed by atoms with Crippen LogP contribution in [0.3, 0.4) is 0 Å². The zero-order valence-electron chi connectivity index (χ0n) is 9.65. The van der Waals surface area contributed by atoms with Gasteiger partial charge >= 0.3 is 0 Å². The second kappa shape index (κ2) is 4.42. The van der Waals surface area contributed by atoms with Crippen molar-refractivity contribution in [2.45, 2.75) is 19.3 Å². The van der Waals surface area contributed by atoms with Crippen LogP contribution < -0.4 is 10.2 Å². The zero-order chi connectivity index (χ0) is 10.8. The Hall–Kier alpha value is -1.09. The summed E-state index contributed by atoms with van der Waals surface area (Å²) in [4.78, 5) is 6.96. The first-order valence-electron chi connectivity index (χ1n) is 6.32. The molecule has 1 aromatic rings. The van der Waals surface area contributed by atoms with Crippen molar-refractivity contribution in [3.8, 4) is 0 Å². The highest BCUT2D eigenvalue weighted by Gasteiger charge is 2.17. The van der Waals surface area contributed by atoms with Crippen LogP contribution in [0.1, 0.15) is 18.4 Å². The normalized spacial score (nSPS) is 21.1. The molecule has 0 aromatic carbocycles. The van der Waals surface area contributed by atoms with Gasteiger partial charge in [-0.3, -0.25) is 0 Å². The summed E-state index contributed by atoms with van der Waals surface area (Å²) < 4.78 is 0. The molecule has 16 heavy (non-hydrogen) atoms. The third-order valence-electron chi connectivity index (χ3n) is 3.63. The standard InChI is InChI=1S/C13H19N3/c1-2-6-16(5-1)13-4-3-11(10-15-13)7-12-8-14-9-12/h3-4,10,12,14H,1-2,5-9H2. The molecule has 2 aliphatic heterocycles. The van der Waals surface area contributed by atoms with Gasteiger partial charge in [-0.1, -0.05) is 6.07 Å². The molecular weight excluding hydrogens is 198 g/mol. The molecule has 86 valence electrons. The highest BCUT2D eigenvalue weighted by Crippen LogP contribution is 2.19. The summed E-state index contributed by atoms with van der Waals surface area (Å²) in [5.41, 5.74) is 1.38. The molecule has 1 N–H and O–H groups in total. The SMILES string of the molecule is c1cc(N2CCCC2)ncc1CC1CNC1. The fraction of sp³-hybridized carbons (Fsp3) is 0.615. The largest absolute Gasteiger partial charge is 0.357 e. The highest BCUT2D eigenvalue weighted by atomic mass is 15.2. The Labute approximate surface area is 96.9 Å². The molecule has 0 amide bonds. The van der Waals surface area contributed by atoms with Crippen LogP contribution in [-0.2, 0) is 6.42 Å². The topological polar surface area (TPSA) is 28.2 Å². The van der Waals surface area contributed by atoms with E-state index in [-0.39, 0.29) is 0 Å². The minimum absolute atomic E-state index is 0.833. The number of nitrogens with zero attached hydrogens (tertiary/aromatic N) is 2. The minimum atomic E-state index is 0.833. The molecule has 3 heteroatoms. The van der Waals surface area contributed by atoms with E-state index in [0.717, 1.165) is 11.7 Å². The quantitative estimate of drug-likeness (QED) is 0.830. The van der Waals surface area contributed by atoms with Crippen molar-refractivity contribution in [2.75, 3.05) is 31.1 Å². The Bertz CT molecular complexity index is 337. The van der Waals surface area contributed by atoms with E-state index in [1.807, 2.05) is 0 Å². The molecule has 3 heterocycles. The number of pyridine rings is 1. The van der Waals surface area contributed by atoms with Gasteiger partial charge in [-0.15, -0.1) is 0 Å². The fourth-order valence-electron chi connectivity index (χ4n) is 2.50. The second-order valence-electron chi connectivity index (χ2n) is 4.95. The maximum absolute atomic E-state index is 4.58. The van der Waals surface area contributed by atoms with Crippen LogP contribution in [-0.4, -0.2) is 31.2 Å². The number of nitrogens with one attached hydrogen (secondary N) is 1. The summed E-state index contributed by atoms with van der Waals surface area (Å²) in [7, 11) is 0. The summed E-state index contributed by atoms with van der Waals surface area (Å²) in [5.74, 6) is 1.99. The summed E-state index contributed by atoms with van der Waals surface area (Å²) in [6, 6.07) is 4.44. The molecule has 3 nitrogen and oxygen atoms in total. The van der Waals surface area contributed by atoms with E-state index in [1.54, 1.807) is 0 Å². The van der Waals surface area contributed by atoms with Gasteiger partial charge in [0.2, 0.25) is 0 Å². The first kappa shape index (κ1) is 10.1. The average molecular weight is 217 g/mol. The molecule has 1 aromatic heterocycles. The number of aromatic nitrogens is 1. The molecule has 2 fully saturated rings. The number of anilines is 1. The molecule has 0 spiro atoms.